The molecule has 0 radical (unpaired) electrons. The van der Waals surface area contributed by atoms with Crippen molar-refractivity contribution in [1.29, 1.82) is 0 Å². The second-order valence-corrected chi connectivity index (χ2v) is 7.56. The van der Waals surface area contributed by atoms with Gasteiger partial charge in [-0.1, -0.05) is 30.3 Å². The first-order chi connectivity index (χ1) is 17.6. The molecule has 0 bridgehead atoms. The van der Waals surface area contributed by atoms with Crippen LogP contribution in [0.5, 0.6) is 11.5 Å². The van der Waals surface area contributed by atoms with Crippen molar-refractivity contribution in [2.45, 2.75) is 6.54 Å². The van der Waals surface area contributed by atoms with Crippen LogP contribution in [0.2, 0.25) is 0 Å². The highest BCUT2D eigenvalue weighted by Gasteiger charge is 2.13. The Morgan fingerprint density at radius 1 is 0.917 bits per heavy atom. The zero-order chi connectivity index (χ0) is 24.7. The quantitative estimate of drug-likeness (QED) is 0.178. The minimum Gasteiger partial charge on any atom is -0.454 e. The van der Waals surface area contributed by atoms with Crippen LogP contribution in [0.1, 0.15) is 11.1 Å². The first kappa shape index (κ1) is 22.5. The van der Waals surface area contributed by atoms with Crippen LogP contribution in [0, 0.1) is 10.1 Å². The van der Waals surface area contributed by atoms with Gasteiger partial charge in [-0.05, 0) is 41.5 Å². The maximum Gasteiger partial charge on any atom is 0.269 e. The standard InChI is InChI=1S/C24H20N8O4/c33-32(34)19-9-7-18(8-10-19)27-23-28-22(25-13-16-4-2-1-3-5-16)29-24(30-23)31-26-14-17-6-11-20-21(12-17)36-15-35-20/h1-12,14H,13,15H2,(H3,25,27,28,29,30,31)/b26-14+. The number of aromatic nitrogens is 3. The average Bonchev–Trinajstić information content (AvgIpc) is 3.36. The van der Waals surface area contributed by atoms with Gasteiger partial charge in [-0.25, -0.2) is 5.43 Å². The zero-order valence-electron chi connectivity index (χ0n) is 18.8. The van der Waals surface area contributed by atoms with E-state index >= 15 is 0 Å². The zero-order valence-corrected chi connectivity index (χ0v) is 18.8. The van der Waals surface area contributed by atoms with Gasteiger partial charge in [0, 0.05) is 24.4 Å². The molecular weight excluding hydrogens is 464 g/mol. The third-order valence-electron chi connectivity index (χ3n) is 5.04. The summed E-state index contributed by atoms with van der Waals surface area (Å²) >= 11 is 0. The van der Waals surface area contributed by atoms with E-state index in [1.807, 2.05) is 48.5 Å². The number of hydrogen-bond acceptors (Lipinski definition) is 11. The van der Waals surface area contributed by atoms with E-state index in [2.05, 4.69) is 36.1 Å². The SMILES string of the molecule is O=[N+]([O-])c1ccc(Nc2nc(NCc3ccccc3)nc(N/N=C/c3ccc4c(c3)OCO4)n2)cc1. The van der Waals surface area contributed by atoms with Crippen molar-refractivity contribution in [3.63, 3.8) is 0 Å². The predicted molar refractivity (Wildman–Crippen MR) is 134 cm³/mol. The summed E-state index contributed by atoms with van der Waals surface area (Å²) in [5.74, 6) is 2.09. The number of hydrogen-bond donors (Lipinski definition) is 3. The molecule has 5 rings (SSSR count). The first-order valence-electron chi connectivity index (χ1n) is 10.9. The van der Waals surface area contributed by atoms with Crippen LogP contribution in [-0.2, 0) is 6.54 Å². The lowest BCUT2D eigenvalue weighted by atomic mass is 10.2. The summed E-state index contributed by atoms with van der Waals surface area (Å²) in [5.41, 5.74) is 5.23. The molecule has 0 amide bonds. The maximum atomic E-state index is 10.9. The summed E-state index contributed by atoms with van der Waals surface area (Å²) < 4.78 is 10.7. The fourth-order valence-electron chi connectivity index (χ4n) is 3.29. The van der Waals surface area contributed by atoms with Crippen molar-refractivity contribution >= 4 is 35.4 Å². The van der Waals surface area contributed by atoms with Crippen LogP contribution in [0.4, 0.5) is 29.2 Å². The van der Waals surface area contributed by atoms with Gasteiger partial charge in [0.05, 0.1) is 11.1 Å². The molecule has 0 spiro atoms. The monoisotopic (exact) mass is 484 g/mol. The average molecular weight is 484 g/mol. The summed E-state index contributed by atoms with van der Waals surface area (Å²) in [6, 6.07) is 21.2. The van der Waals surface area contributed by atoms with Gasteiger partial charge in [-0.3, -0.25) is 10.1 Å². The molecule has 1 aromatic heterocycles. The lowest BCUT2D eigenvalue weighted by Crippen LogP contribution is -2.09. The van der Waals surface area contributed by atoms with E-state index in [0.29, 0.717) is 29.7 Å². The Morgan fingerprint density at radius 2 is 1.67 bits per heavy atom. The first-order valence-corrected chi connectivity index (χ1v) is 10.9. The van der Waals surface area contributed by atoms with Gasteiger partial charge in [-0.2, -0.15) is 20.1 Å². The minimum atomic E-state index is -0.460. The molecule has 12 heteroatoms. The van der Waals surface area contributed by atoms with Crippen molar-refractivity contribution < 1.29 is 14.4 Å². The van der Waals surface area contributed by atoms with E-state index in [1.165, 1.54) is 12.1 Å². The van der Waals surface area contributed by atoms with Crippen molar-refractivity contribution in [2.24, 2.45) is 5.10 Å². The summed E-state index contributed by atoms with van der Waals surface area (Å²) in [6.07, 6.45) is 1.60. The van der Waals surface area contributed by atoms with Gasteiger partial charge in [0.15, 0.2) is 11.5 Å². The highest BCUT2D eigenvalue weighted by Crippen LogP contribution is 2.32. The number of nitrogens with zero attached hydrogens (tertiary/aromatic N) is 5. The van der Waals surface area contributed by atoms with Crippen molar-refractivity contribution in [1.82, 2.24) is 15.0 Å². The second kappa shape index (κ2) is 10.3. The third kappa shape index (κ3) is 5.62. The smallest absolute Gasteiger partial charge is 0.269 e. The molecule has 4 aromatic rings. The Balaban J connectivity index is 1.34. The van der Waals surface area contributed by atoms with Gasteiger partial charge < -0.3 is 20.1 Å². The number of nitro groups is 1. The number of rotatable bonds is 9. The number of nitrogens with one attached hydrogen (secondary N) is 3. The lowest BCUT2D eigenvalue weighted by Gasteiger charge is -2.10. The van der Waals surface area contributed by atoms with Crippen LogP contribution in [0.3, 0.4) is 0 Å². The molecule has 0 saturated carbocycles. The molecular formula is C24H20N8O4. The molecule has 2 heterocycles. The summed E-state index contributed by atoms with van der Waals surface area (Å²) in [7, 11) is 0. The Labute approximate surface area is 205 Å². The van der Waals surface area contributed by atoms with Crippen LogP contribution in [-0.4, -0.2) is 32.9 Å². The number of ether oxygens (including phenoxy) is 2. The molecule has 36 heavy (non-hydrogen) atoms. The summed E-state index contributed by atoms with van der Waals surface area (Å²) in [6.45, 7) is 0.698. The Hall–Kier alpha value is -5.26. The van der Waals surface area contributed by atoms with Gasteiger partial charge in [0.1, 0.15) is 0 Å². The van der Waals surface area contributed by atoms with Gasteiger partial charge in [0.25, 0.3) is 5.69 Å². The summed E-state index contributed by atoms with van der Waals surface area (Å²) in [4.78, 5) is 23.6. The van der Waals surface area contributed by atoms with E-state index in [-0.39, 0.29) is 24.4 Å². The maximum absolute atomic E-state index is 10.9. The number of benzene rings is 3. The van der Waals surface area contributed by atoms with Gasteiger partial charge in [0.2, 0.25) is 24.6 Å². The van der Waals surface area contributed by atoms with Crippen LogP contribution in [0.25, 0.3) is 0 Å². The van der Waals surface area contributed by atoms with E-state index in [9.17, 15) is 10.1 Å². The molecule has 1 aliphatic rings. The fraction of sp³-hybridized carbons (Fsp3) is 0.0833. The molecule has 3 N–H and O–H groups in total. The molecule has 0 unspecified atom stereocenters. The highest BCUT2D eigenvalue weighted by molar-refractivity contribution is 5.81. The van der Waals surface area contributed by atoms with E-state index in [1.54, 1.807) is 18.3 Å². The van der Waals surface area contributed by atoms with Crippen LogP contribution < -0.4 is 25.5 Å². The van der Waals surface area contributed by atoms with Crippen LogP contribution >= 0.6 is 0 Å². The van der Waals surface area contributed by atoms with Crippen LogP contribution in [0.15, 0.2) is 77.9 Å². The lowest BCUT2D eigenvalue weighted by molar-refractivity contribution is -0.384. The van der Waals surface area contributed by atoms with Gasteiger partial charge >= 0.3 is 0 Å². The highest BCUT2D eigenvalue weighted by atomic mass is 16.7. The largest absolute Gasteiger partial charge is 0.454 e. The molecule has 0 fully saturated rings. The Bertz CT molecular complexity index is 1400. The van der Waals surface area contributed by atoms with E-state index in [0.717, 1.165) is 11.1 Å². The number of non-ortho nitro benzene ring substituents is 1. The summed E-state index contributed by atoms with van der Waals surface area (Å²) in [5, 5.41) is 21.3. The van der Waals surface area contributed by atoms with Crippen molar-refractivity contribution in [3.8, 4) is 11.5 Å². The van der Waals surface area contributed by atoms with Crippen molar-refractivity contribution in [2.75, 3.05) is 22.9 Å². The number of fused-ring (bicyclic) bond motifs is 1. The van der Waals surface area contributed by atoms with E-state index < -0.39 is 4.92 Å². The molecule has 1 aliphatic heterocycles. The molecule has 12 nitrogen and oxygen atoms in total. The van der Waals surface area contributed by atoms with E-state index in [4.69, 9.17) is 9.47 Å². The normalized spacial score (nSPS) is 11.9. The second-order valence-electron chi connectivity index (χ2n) is 7.56. The molecule has 0 saturated heterocycles. The third-order valence-corrected chi connectivity index (χ3v) is 5.04. The van der Waals surface area contributed by atoms with Gasteiger partial charge in [-0.15, -0.1) is 0 Å². The Morgan fingerprint density at radius 3 is 2.47 bits per heavy atom. The fourth-order valence-corrected chi connectivity index (χ4v) is 3.29. The predicted octanol–water partition coefficient (Wildman–Crippen LogP) is 4.31. The molecule has 3 aromatic carbocycles. The molecule has 0 atom stereocenters. The molecule has 0 aliphatic carbocycles. The number of hydrazone groups is 1. The Kier molecular flexibility index (Phi) is 6.47. The minimum absolute atomic E-state index is 0.0124. The van der Waals surface area contributed by atoms with Crippen molar-refractivity contribution in [3.05, 3.63) is 94.0 Å². The topological polar surface area (TPSA) is 149 Å². The number of nitro benzene ring substituents is 1. The number of anilines is 4. The molecule has 180 valence electrons.